The van der Waals surface area contributed by atoms with Gasteiger partial charge in [0.25, 0.3) is 0 Å². The number of ether oxygens (including phenoxy) is 1. The van der Waals surface area contributed by atoms with Crippen molar-refractivity contribution >= 4 is 5.69 Å². The highest BCUT2D eigenvalue weighted by atomic mass is 19.1. The van der Waals surface area contributed by atoms with Crippen molar-refractivity contribution in [3.8, 4) is 0 Å². The SMILES string of the molecule is Cc1ccc(C2Nc3ccc(F)cc3C3OCCC23)cc1. The van der Waals surface area contributed by atoms with Crippen LogP contribution in [-0.2, 0) is 4.74 Å². The van der Waals surface area contributed by atoms with E-state index in [0.29, 0.717) is 5.92 Å². The van der Waals surface area contributed by atoms with E-state index in [9.17, 15) is 4.39 Å². The van der Waals surface area contributed by atoms with E-state index in [0.717, 1.165) is 24.3 Å². The Balaban J connectivity index is 1.77. The van der Waals surface area contributed by atoms with Crippen LogP contribution in [-0.4, -0.2) is 6.61 Å². The van der Waals surface area contributed by atoms with E-state index in [-0.39, 0.29) is 18.0 Å². The molecule has 21 heavy (non-hydrogen) atoms. The Kier molecular flexibility index (Phi) is 2.96. The monoisotopic (exact) mass is 283 g/mol. The molecule has 0 aromatic heterocycles. The van der Waals surface area contributed by atoms with Gasteiger partial charge in [0, 0.05) is 23.8 Å². The maximum absolute atomic E-state index is 13.5. The van der Waals surface area contributed by atoms with Crippen molar-refractivity contribution < 1.29 is 9.13 Å². The molecule has 3 heteroatoms. The minimum absolute atomic E-state index is 0.00301. The van der Waals surface area contributed by atoms with Crippen molar-refractivity contribution in [1.82, 2.24) is 0 Å². The van der Waals surface area contributed by atoms with Gasteiger partial charge >= 0.3 is 0 Å². The van der Waals surface area contributed by atoms with E-state index in [1.165, 1.54) is 17.2 Å². The van der Waals surface area contributed by atoms with Crippen LogP contribution in [0.15, 0.2) is 42.5 Å². The molecule has 0 amide bonds. The fourth-order valence-corrected chi connectivity index (χ4v) is 3.55. The highest BCUT2D eigenvalue weighted by Crippen LogP contribution is 2.49. The Morgan fingerprint density at radius 2 is 1.95 bits per heavy atom. The van der Waals surface area contributed by atoms with Gasteiger partial charge in [0.2, 0.25) is 0 Å². The Labute approximate surface area is 123 Å². The second kappa shape index (κ2) is 4.85. The minimum atomic E-state index is -0.196. The third-order valence-corrected chi connectivity index (χ3v) is 4.63. The van der Waals surface area contributed by atoms with E-state index < -0.39 is 0 Å². The molecule has 0 bridgehead atoms. The number of benzene rings is 2. The van der Waals surface area contributed by atoms with Gasteiger partial charge in [0.1, 0.15) is 5.82 Å². The van der Waals surface area contributed by atoms with E-state index in [4.69, 9.17) is 4.74 Å². The molecule has 0 aliphatic carbocycles. The van der Waals surface area contributed by atoms with Crippen LogP contribution in [0, 0.1) is 18.7 Å². The maximum atomic E-state index is 13.5. The third kappa shape index (κ3) is 2.12. The quantitative estimate of drug-likeness (QED) is 0.838. The summed E-state index contributed by atoms with van der Waals surface area (Å²) in [4.78, 5) is 0. The van der Waals surface area contributed by atoms with Crippen LogP contribution in [0.25, 0.3) is 0 Å². The van der Waals surface area contributed by atoms with Crippen molar-refractivity contribution in [3.05, 3.63) is 65.0 Å². The lowest BCUT2D eigenvalue weighted by atomic mass is 9.81. The number of nitrogens with one attached hydrogen (secondary N) is 1. The van der Waals surface area contributed by atoms with Gasteiger partial charge in [-0.25, -0.2) is 4.39 Å². The molecule has 2 nitrogen and oxygen atoms in total. The molecular formula is C18H18FNO. The molecule has 2 heterocycles. The van der Waals surface area contributed by atoms with Gasteiger partial charge in [0.15, 0.2) is 0 Å². The van der Waals surface area contributed by atoms with Gasteiger partial charge in [-0.2, -0.15) is 0 Å². The van der Waals surface area contributed by atoms with E-state index >= 15 is 0 Å². The fourth-order valence-electron chi connectivity index (χ4n) is 3.55. The van der Waals surface area contributed by atoms with Gasteiger partial charge in [-0.15, -0.1) is 0 Å². The number of rotatable bonds is 1. The van der Waals surface area contributed by atoms with Gasteiger partial charge in [-0.05, 0) is 37.1 Å². The van der Waals surface area contributed by atoms with Crippen LogP contribution in [0.2, 0.25) is 0 Å². The van der Waals surface area contributed by atoms with E-state index in [1.807, 2.05) is 6.07 Å². The molecule has 4 rings (SSSR count). The average molecular weight is 283 g/mol. The van der Waals surface area contributed by atoms with Gasteiger partial charge in [-0.1, -0.05) is 29.8 Å². The Morgan fingerprint density at radius 3 is 2.76 bits per heavy atom. The number of fused-ring (bicyclic) bond motifs is 3. The average Bonchev–Trinajstić information content (AvgIpc) is 2.97. The summed E-state index contributed by atoms with van der Waals surface area (Å²) in [7, 11) is 0. The first-order valence-electron chi connectivity index (χ1n) is 7.46. The number of anilines is 1. The predicted molar refractivity (Wildman–Crippen MR) is 80.7 cm³/mol. The standard InChI is InChI=1S/C18H18FNO/c1-11-2-4-12(5-3-11)17-14-8-9-21-18(14)15-10-13(19)6-7-16(15)20-17/h2-7,10,14,17-18,20H,8-9H2,1H3. The zero-order valence-electron chi connectivity index (χ0n) is 12.0. The lowest BCUT2D eigenvalue weighted by Gasteiger charge is -2.36. The minimum Gasteiger partial charge on any atom is -0.378 e. The molecule has 1 N–H and O–H groups in total. The lowest BCUT2D eigenvalue weighted by molar-refractivity contribution is 0.0826. The molecule has 1 saturated heterocycles. The molecule has 1 fully saturated rings. The first-order valence-corrected chi connectivity index (χ1v) is 7.46. The number of hydrogen-bond donors (Lipinski definition) is 1. The molecule has 108 valence electrons. The van der Waals surface area contributed by atoms with Crippen molar-refractivity contribution in [2.45, 2.75) is 25.5 Å². The fraction of sp³-hybridized carbons (Fsp3) is 0.333. The topological polar surface area (TPSA) is 21.3 Å². The number of hydrogen-bond acceptors (Lipinski definition) is 2. The number of halogens is 1. The normalized spacial score (nSPS) is 26.9. The predicted octanol–water partition coefficient (Wildman–Crippen LogP) is 4.38. The highest BCUT2D eigenvalue weighted by molar-refractivity contribution is 5.57. The summed E-state index contributed by atoms with van der Waals surface area (Å²) < 4.78 is 19.4. The van der Waals surface area contributed by atoms with E-state index in [2.05, 4.69) is 36.5 Å². The second-order valence-electron chi connectivity index (χ2n) is 6.01. The van der Waals surface area contributed by atoms with Crippen LogP contribution in [0.4, 0.5) is 10.1 Å². The molecule has 2 aliphatic rings. The largest absolute Gasteiger partial charge is 0.378 e. The van der Waals surface area contributed by atoms with Crippen LogP contribution < -0.4 is 5.32 Å². The Bertz CT molecular complexity index is 667. The summed E-state index contributed by atoms with van der Waals surface area (Å²) in [6.07, 6.45) is 1.01. The maximum Gasteiger partial charge on any atom is 0.123 e. The molecule has 3 atom stereocenters. The molecule has 0 spiro atoms. The Hall–Kier alpha value is -1.87. The van der Waals surface area contributed by atoms with E-state index in [1.54, 1.807) is 6.07 Å². The zero-order chi connectivity index (χ0) is 14.4. The van der Waals surface area contributed by atoms with Gasteiger partial charge in [-0.3, -0.25) is 0 Å². The molecule has 2 aromatic rings. The summed E-state index contributed by atoms with van der Waals surface area (Å²) in [5.41, 5.74) is 4.48. The Morgan fingerprint density at radius 1 is 1.14 bits per heavy atom. The molecule has 2 aliphatic heterocycles. The molecule has 3 unspecified atom stereocenters. The molecule has 0 radical (unpaired) electrons. The summed E-state index contributed by atoms with van der Waals surface area (Å²) >= 11 is 0. The first-order chi connectivity index (χ1) is 10.2. The van der Waals surface area contributed by atoms with Gasteiger partial charge in [0.05, 0.1) is 12.1 Å². The van der Waals surface area contributed by atoms with Crippen molar-refractivity contribution in [2.24, 2.45) is 5.92 Å². The van der Waals surface area contributed by atoms with Crippen molar-refractivity contribution in [3.63, 3.8) is 0 Å². The molecule has 0 saturated carbocycles. The van der Waals surface area contributed by atoms with Crippen molar-refractivity contribution in [1.29, 1.82) is 0 Å². The third-order valence-electron chi connectivity index (χ3n) is 4.63. The smallest absolute Gasteiger partial charge is 0.123 e. The lowest BCUT2D eigenvalue weighted by Crippen LogP contribution is -2.29. The summed E-state index contributed by atoms with van der Waals surface area (Å²) in [5, 5.41) is 3.58. The molecule has 2 aromatic carbocycles. The first kappa shape index (κ1) is 12.8. The van der Waals surface area contributed by atoms with Crippen LogP contribution in [0.3, 0.4) is 0 Å². The van der Waals surface area contributed by atoms with Crippen LogP contribution in [0.5, 0.6) is 0 Å². The molecular weight excluding hydrogens is 265 g/mol. The van der Waals surface area contributed by atoms with Crippen LogP contribution >= 0.6 is 0 Å². The summed E-state index contributed by atoms with van der Waals surface area (Å²) in [6, 6.07) is 13.8. The van der Waals surface area contributed by atoms with Gasteiger partial charge < -0.3 is 10.1 Å². The highest BCUT2D eigenvalue weighted by Gasteiger charge is 2.41. The second-order valence-corrected chi connectivity index (χ2v) is 6.01. The summed E-state index contributed by atoms with van der Waals surface area (Å²) in [5.74, 6) is 0.167. The van der Waals surface area contributed by atoms with Crippen molar-refractivity contribution in [2.75, 3.05) is 11.9 Å². The summed E-state index contributed by atoms with van der Waals surface area (Å²) in [6.45, 7) is 2.84. The number of aryl methyl sites for hydroxylation is 1. The zero-order valence-corrected chi connectivity index (χ0v) is 12.0. The van der Waals surface area contributed by atoms with Crippen LogP contribution in [0.1, 0.15) is 35.3 Å².